The van der Waals surface area contributed by atoms with Gasteiger partial charge in [0.05, 0.1) is 0 Å². The maximum atomic E-state index is 10.1. The van der Waals surface area contributed by atoms with E-state index in [1.165, 1.54) is 0 Å². The molecule has 0 spiro atoms. The summed E-state index contributed by atoms with van der Waals surface area (Å²) in [6, 6.07) is 5.40. The standard InChI is InChI=1S/C7H8IN2O/c1-2-8-6-4-3-5-7(9-6)10-11/h3-5H,2H2,1H3/q-1. The number of nitrogens with zero attached hydrogens (tertiary/aromatic N) is 2. The predicted octanol–water partition coefficient (Wildman–Crippen LogP) is -1.24. The van der Waals surface area contributed by atoms with Crippen molar-refractivity contribution < 1.29 is 21.2 Å². The molecule has 1 rings (SSSR count). The van der Waals surface area contributed by atoms with E-state index in [1.807, 2.05) is 12.1 Å². The molecule has 0 aromatic carbocycles. The molecule has 0 fully saturated rings. The molecule has 11 heavy (non-hydrogen) atoms. The number of aromatic nitrogens is 1. The average molecular weight is 263 g/mol. The molecule has 0 amide bonds. The second-order valence-electron chi connectivity index (χ2n) is 1.81. The van der Waals surface area contributed by atoms with Gasteiger partial charge >= 0.3 is 75.3 Å². The van der Waals surface area contributed by atoms with Crippen molar-refractivity contribution in [2.75, 3.05) is 4.43 Å². The summed E-state index contributed by atoms with van der Waals surface area (Å²) in [5, 5.41) is 2.77. The first kappa shape index (κ1) is 8.58. The van der Waals surface area contributed by atoms with Crippen molar-refractivity contribution in [3.63, 3.8) is 0 Å². The fourth-order valence-corrected chi connectivity index (χ4v) is 2.32. The molecule has 0 saturated carbocycles. The van der Waals surface area contributed by atoms with Gasteiger partial charge < -0.3 is 0 Å². The van der Waals surface area contributed by atoms with Crippen LogP contribution < -0.4 is 21.2 Å². The van der Waals surface area contributed by atoms with Crippen molar-refractivity contribution in [3.05, 3.63) is 26.8 Å². The van der Waals surface area contributed by atoms with E-state index in [1.54, 1.807) is 6.07 Å². The molecule has 0 aliphatic rings. The van der Waals surface area contributed by atoms with Gasteiger partial charge in [-0.1, -0.05) is 0 Å². The van der Waals surface area contributed by atoms with Gasteiger partial charge in [-0.3, -0.25) is 0 Å². The van der Waals surface area contributed by atoms with Gasteiger partial charge in [0, 0.05) is 0 Å². The second-order valence-corrected chi connectivity index (χ2v) is 5.20. The molecule has 60 valence electrons. The van der Waals surface area contributed by atoms with E-state index in [-0.39, 0.29) is 21.2 Å². The molecule has 0 aliphatic carbocycles. The molecule has 0 saturated heterocycles. The summed E-state index contributed by atoms with van der Waals surface area (Å²) >= 11 is -0.00298. The molecule has 4 heteroatoms. The van der Waals surface area contributed by atoms with Crippen LogP contribution in [0.25, 0.3) is 0 Å². The third-order valence-electron chi connectivity index (χ3n) is 1.06. The number of rotatable bonds is 3. The third kappa shape index (κ3) is 2.53. The Kier molecular flexibility index (Phi) is 3.41. The summed E-state index contributed by atoms with van der Waals surface area (Å²) in [6.45, 7) is 2.12. The Hall–Kier alpha value is -0.520. The molecular weight excluding hydrogens is 255 g/mol. The van der Waals surface area contributed by atoms with Crippen LogP contribution in [-0.4, -0.2) is 9.41 Å². The molecule has 1 aromatic heterocycles. The summed E-state index contributed by atoms with van der Waals surface area (Å²) in [7, 11) is 0. The van der Waals surface area contributed by atoms with Gasteiger partial charge in [-0.2, -0.15) is 0 Å². The minimum absolute atomic E-state index is 0.00298. The number of hydrogen-bond donors (Lipinski definition) is 0. The Balaban J connectivity index is 2.82. The first-order valence-corrected chi connectivity index (χ1v) is 5.87. The molecule has 0 N–H and O–H groups in total. The Labute approximate surface area is 75.5 Å². The van der Waals surface area contributed by atoms with Crippen LogP contribution in [0, 0.1) is 8.61 Å². The van der Waals surface area contributed by atoms with E-state index >= 15 is 0 Å². The number of alkyl halides is 1. The van der Waals surface area contributed by atoms with Crippen LogP contribution in [0.4, 0.5) is 5.82 Å². The molecular formula is C7H8IN2O-. The van der Waals surface area contributed by atoms with Gasteiger partial charge in [0.15, 0.2) is 0 Å². The van der Waals surface area contributed by atoms with Crippen LogP contribution in [-0.2, 0) is 0 Å². The van der Waals surface area contributed by atoms with E-state index in [0.717, 1.165) is 8.13 Å². The van der Waals surface area contributed by atoms with Crippen molar-refractivity contribution in [1.29, 1.82) is 0 Å². The summed E-state index contributed by atoms with van der Waals surface area (Å²) < 4.78 is 2.19. The Morgan fingerprint density at radius 1 is 1.64 bits per heavy atom. The molecule has 1 aromatic rings. The number of halogens is 1. The van der Waals surface area contributed by atoms with Gasteiger partial charge in [0.2, 0.25) is 0 Å². The molecule has 3 nitrogen and oxygen atoms in total. The summed E-state index contributed by atoms with van der Waals surface area (Å²) in [4.78, 5) is 14.1. The Morgan fingerprint density at radius 3 is 3.09 bits per heavy atom. The van der Waals surface area contributed by atoms with Crippen molar-refractivity contribution in [3.8, 4) is 0 Å². The van der Waals surface area contributed by atoms with E-state index < -0.39 is 0 Å². The number of hydrogen-bond acceptors (Lipinski definition) is 3. The molecule has 0 atom stereocenters. The predicted molar refractivity (Wildman–Crippen MR) is 38.9 cm³/mol. The third-order valence-corrected chi connectivity index (χ3v) is 3.21. The van der Waals surface area contributed by atoms with E-state index in [0.29, 0.717) is 5.82 Å². The number of pyridine rings is 1. The summed E-state index contributed by atoms with van der Waals surface area (Å²) in [5.74, 6) is 0.302. The van der Waals surface area contributed by atoms with Crippen LogP contribution >= 0.6 is 0 Å². The molecule has 0 aliphatic heterocycles. The summed E-state index contributed by atoms with van der Waals surface area (Å²) in [6.07, 6.45) is 0. The van der Waals surface area contributed by atoms with Crippen LogP contribution in [0.3, 0.4) is 0 Å². The van der Waals surface area contributed by atoms with Crippen molar-refractivity contribution in [2.24, 2.45) is 5.18 Å². The van der Waals surface area contributed by atoms with Gasteiger partial charge in [-0.05, 0) is 0 Å². The zero-order chi connectivity index (χ0) is 8.10. The molecule has 0 radical (unpaired) electrons. The van der Waals surface area contributed by atoms with E-state index in [4.69, 9.17) is 0 Å². The maximum absolute atomic E-state index is 10.1. The van der Waals surface area contributed by atoms with Gasteiger partial charge in [0.25, 0.3) is 0 Å². The zero-order valence-corrected chi connectivity index (χ0v) is 8.28. The van der Waals surface area contributed by atoms with Crippen LogP contribution in [0.15, 0.2) is 23.4 Å². The zero-order valence-electron chi connectivity index (χ0n) is 6.12. The number of nitroso groups, excluding NO2 is 1. The second kappa shape index (κ2) is 4.38. The summed E-state index contributed by atoms with van der Waals surface area (Å²) in [5.41, 5.74) is 0. The quantitative estimate of drug-likeness (QED) is 0.296. The van der Waals surface area contributed by atoms with E-state index in [9.17, 15) is 4.91 Å². The van der Waals surface area contributed by atoms with E-state index in [2.05, 4.69) is 17.1 Å². The first-order valence-electron chi connectivity index (χ1n) is 3.26. The normalized spacial score (nSPS) is 9.91. The molecule has 0 bridgehead atoms. The minimum atomic E-state index is -0.00298. The van der Waals surface area contributed by atoms with Gasteiger partial charge in [-0.15, -0.1) is 0 Å². The Bertz CT molecular complexity index is 252. The van der Waals surface area contributed by atoms with Gasteiger partial charge in [0.1, 0.15) is 0 Å². The van der Waals surface area contributed by atoms with Crippen LogP contribution in [0.2, 0.25) is 0 Å². The van der Waals surface area contributed by atoms with Gasteiger partial charge in [-0.25, -0.2) is 0 Å². The molecule has 0 unspecified atom stereocenters. The topological polar surface area (TPSA) is 42.3 Å². The first-order chi connectivity index (χ1) is 5.36. The van der Waals surface area contributed by atoms with Crippen LogP contribution in [0.1, 0.15) is 6.92 Å². The Morgan fingerprint density at radius 2 is 2.45 bits per heavy atom. The average Bonchev–Trinajstić information content (AvgIpc) is 2.06. The molecule has 1 heterocycles. The van der Waals surface area contributed by atoms with Crippen molar-refractivity contribution in [1.82, 2.24) is 4.98 Å². The SMILES string of the molecule is CC[I-]c1cccc(N=O)n1. The fourth-order valence-electron chi connectivity index (χ4n) is 0.660. The van der Waals surface area contributed by atoms with Crippen molar-refractivity contribution in [2.45, 2.75) is 6.92 Å². The van der Waals surface area contributed by atoms with Crippen LogP contribution in [0.5, 0.6) is 0 Å². The van der Waals surface area contributed by atoms with Crippen molar-refractivity contribution >= 4 is 5.82 Å². The fraction of sp³-hybridized carbons (Fsp3) is 0.286. The monoisotopic (exact) mass is 263 g/mol.